The SMILES string of the molecule is CCCOC.COCC(C)C(C)C. The first-order chi connectivity index (χ1) is 6.09. The van der Waals surface area contributed by atoms with Crippen molar-refractivity contribution in [2.75, 3.05) is 27.4 Å². The van der Waals surface area contributed by atoms with Crippen molar-refractivity contribution in [3.8, 4) is 0 Å². The molecule has 13 heavy (non-hydrogen) atoms. The smallest absolute Gasteiger partial charge is 0.0490 e. The molecule has 1 unspecified atom stereocenters. The molecule has 0 spiro atoms. The summed E-state index contributed by atoms with van der Waals surface area (Å²) in [6.07, 6.45) is 1.12. The molecule has 0 N–H and O–H groups in total. The number of rotatable bonds is 5. The summed E-state index contributed by atoms with van der Waals surface area (Å²) in [6.45, 7) is 10.5. The molecule has 0 aromatic rings. The molecule has 2 nitrogen and oxygen atoms in total. The van der Waals surface area contributed by atoms with Crippen LogP contribution < -0.4 is 0 Å². The minimum absolute atomic E-state index is 0.694. The van der Waals surface area contributed by atoms with E-state index >= 15 is 0 Å². The fraction of sp³-hybridized carbons (Fsp3) is 1.00. The molecular formula is C11H26O2. The molecule has 0 bridgehead atoms. The standard InChI is InChI=1S/C7H16O.C4H10O/c1-6(2)7(3)5-8-4;1-3-4-5-2/h6-7H,5H2,1-4H3;3-4H2,1-2H3. The van der Waals surface area contributed by atoms with Crippen LogP contribution in [-0.4, -0.2) is 27.4 Å². The first kappa shape index (κ1) is 15.4. The molecule has 0 aliphatic carbocycles. The summed E-state index contributed by atoms with van der Waals surface area (Å²) >= 11 is 0. The van der Waals surface area contributed by atoms with E-state index < -0.39 is 0 Å². The second kappa shape index (κ2) is 11.9. The van der Waals surface area contributed by atoms with Gasteiger partial charge in [0.25, 0.3) is 0 Å². The summed E-state index contributed by atoms with van der Waals surface area (Å²) in [5, 5.41) is 0. The second-order valence-electron chi connectivity index (χ2n) is 3.67. The van der Waals surface area contributed by atoms with Gasteiger partial charge in [-0.1, -0.05) is 27.7 Å². The summed E-state index contributed by atoms with van der Waals surface area (Å²) < 4.78 is 9.66. The molecular weight excluding hydrogens is 164 g/mol. The second-order valence-corrected chi connectivity index (χ2v) is 3.67. The third-order valence-electron chi connectivity index (χ3n) is 1.98. The van der Waals surface area contributed by atoms with Gasteiger partial charge in [-0.05, 0) is 18.3 Å². The van der Waals surface area contributed by atoms with Crippen LogP contribution in [-0.2, 0) is 9.47 Å². The molecule has 0 rings (SSSR count). The minimum atomic E-state index is 0.694. The Bertz CT molecular complexity index is 80.2. The Hall–Kier alpha value is -0.0800. The van der Waals surface area contributed by atoms with Gasteiger partial charge in [0.05, 0.1) is 0 Å². The third-order valence-corrected chi connectivity index (χ3v) is 1.98. The van der Waals surface area contributed by atoms with E-state index in [2.05, 4.69) is 27.7 Å². The molecule has 0 heterocycles. The Balaban J connectivity index is 0. The average Bonchev–Trinajstić information content (AvgIpc) is 2.07. The average molecular weight is 190 g/mol. The van der Waals surface area contributed by atoms with E-state index in [9.17, 15) is 0 Å². The van der Waals surface area contributed by atoms with E-state index in [4.69, 9.17) is 9.47 Å². The van der Waals surface area contributed by atoms with Gasteiger partial charge in [0, 0.05) is 27.4 Å². The van der Waals surface area contributed by atoms with E-state index in [0.717, 1.165) is 25.6 Å². The molecule has 0 aromatic carbocycles. The lowest BCUT2D eigenvalue weighted by molar-refractivity contribution is 0.138. The Morgan fingerprint density at radius 1 is 1.00 bits per heavy atom. The van der Waals surface area contributed by atoms with E-state index in [0.29, 0.717) is 5.92 Å². The third kappa shape index (κ3) is 14.7. The van der Waals surface area contributed by atoms with Crippen LogP contribution >= 0.6 is 0 Å². The number of methoxy groups -OCH3 is 2. The highest BCUT2D eigenvalue weighted by molar-refractivity contribution is 4.53. The van der Waals surface area contributed by atoms with Crippen molar-refractivity contribution in [1.29, 1.82) is 0 Å². The predicted octanol–water partition coefficient (Wildman–Crippen LogP) is 2.97. The van der Waals surface area contributed by atoms with Crippen molar-refractivity contribution in [2.24, 2.45) is 11.8 Å². The van der Waals surface area contributed by atoms with Crippen LogP contribution in [0.15, 0.2) is 0 Å². The normalized spacial score (nSPS) is 12.2. The van der Waals surface area contributed by atoms with Gasteiger partial charge in [-0.15, -0.1) is 0 Å². The quantitative estimate of drug-likeness (QED) is 0.663. The maximum absolute atomic E-state index is 4.96. The predicted molar refractivity (Wildman–Crippen MR) is 58.0 cm³/mol. The first-order valence-corrected chi connectivity index (χ1v) is 5.07. The molecule has 0 aliphatic rings. The molecule has 1 atom stereocenters. The molecule has 0 saturated carbocycles. The Morgan fingerprint density at radius 2 is 1.54 bits per heavy atom. The summed E-state index contributed by atoms with van der Waals surface area (Å²) in [4.78, 5) is 0. The fourth-order valence-electron chi connectivity index (χ4n) is 0.659. The van der Waals surface area contributed by atoms with Crippen molar-refractivity contribution < 1.29 is 9.47 Å². The summed E-state index contributed by atoms with van der Waals surface area (Å²) in [6, 6.07) is 0. The fourth-order valence-corrected chi connectivity index (χ4v) is 0.659. The van der Waals surface area contributed by atoms with Crippen molar-refractivity contribution in [2.45, 2.75) is 34.1 Å². The van der Waals surface area contributed by atoms with Crippen molar-refractivity contribution in [1.82, 2.24) is 0 Å². The first-order valence-electron chi connectivity index (χ1n) is 5.07. The van der Waals surface area contributed by atoms with Gasteiger partial charge < -0.3 is 9.47 Å². The van der Waals surface area contributed by atoms with E-state index in [-0.39, 0.29) is 0 Å². The minimum Gasteiger partial charge on any atom is -0.385 e. The summed E-state index contributed by atoms with van der Waals surface area (Å²) in [7, 11) is 3.46. The lowest BCUT2D eigenvalue weighted by Gasteiger charge is -2.12. The van der Waals surface area contributed by atoms with Gasteiger partial charge in [-0.2, -0.15) is 0 Å². The van der Waals surface area contributed by atoms with Gasteiger partial charge in [-0.3, -0.25) is 0 Å². The van der Waals surface area contributed by atoms with E-state index in [1.54, 1.807) is 14.2 Å². The molecule has 82 valence electrons. The van der Waals surface area contributed by atoms with Crippen molar-refractivity contribution >= 4 is 0 Å². The monoisotopic (exact) mass is 190 g/mol. The van der Waals surface area contributed by atoms with Crippen molar-refractivity contribution in [3.05, 3.63) is 0 Å². The van der Waals surface area contributed by atoms with Gasteiger partial charge in [-0.25, -0.2) is 0 Å². The van der Waals surface area contributed by atoms with Gasteiger partial charge in [0.1, 0.15) is 0 Å². The highest BCUT2D eigenvalue weighted by Crippen LogP contribution is 2.08. The molecule has 0 aromatic heterocycles. The van der Waals surface area contributed by atoms with Gasteiger partial charge in [0.15, 0.2) is 0 Å². The highest BCUT2D eigenvalue weighted by atomic mass is 16.5. The number of hydrogen-bond acceptors (Lipinski definition) is 2. The molecule has 0 radical (unpaired) electrons. The lowest BCUT2D eigenvalue weighted by Crippen LogP contribution is -2.09. The van der Waals surface area contributed by atoms with Crippen LogP contribution in [0.2, 0.25) is 0 Å². The molecule has 0 amide bonds. The van der Waals surface area contributed by atoms with Crippen molar-refractivity contribution in [3.63, 3.8) is 0 Å². The highest BCUT2D eigenvalue weighted by Gasteiger charge is 2.04. The van der Waals surface area contributed by atoms with Crippen LogP contribution in [0.1, 0.15) is 34.1 Å². The van der Waals surface area contributed by atoms with Crippen LogP contribution in [0.5, 0.6) is 0 Å². The zero-order chi connectivity index (χ0) is 10.7. The number of ether oxygens (including phenoxy) is 2. The van der Waals surface area contributed by atoms with E-state index in [1.807, 2.05) is 0 Å². The maximum atomic E-state index is 4.96. The van der Waals surface area contributed by atoms with Crippen LogP contribution in [0.4, 0.5) is 0 Å². The van der Waals surface area contributed by atoms with E-state index in [1.165, 1.54) is 0 Å². The van der Waals surface area contributed by atoms with Gasteiger partial charge in [0.2, 0.25) is 0 Å². The lowest BCUT2D eigenvalue weighted by atomic mass is 10.00. The molecule has 0 saturated heterocycles. The zero-order valence-electron chi connectivity index (χ0n) is 10.1. The molecule has 0 fully saturated rings. The zero-order valence-corrected chi connectivity index (χ0v) is 10.1. The Kier molecular flexibility index (Phi) is 14.1. The van der Waals surface area contributed by atoms with Gasteiger partial charge >= 0.3 is 0 Å². The maximum Gasteiger partial charge on any atom is 0.0490 e. The van der Waals surface area contributed by atoms with Crippen LogP contribution in [0.3, 0.4) is 0 Å². The molecule has 2 heteroatoms. The topological polar surface area (TPSA) is 18.5 Å². The summed E-state index contributed by atoms with van der Waals surface area (Å²) in [5.41, 5.74) is 0. The van der Waals surface area contributed by atoms with Crippen LogP contribution in [0, 0.1) is 11.8 Å². The molecule has 0 aliphatic heterocycles. The Morgan fingerprint density at radius 3 is 1.62 bits per heavy atom. The van der Waals surface area contributed by atoms with Crippen LogP contribution in [0.25, 0.3) is 0 Å². The Labute approximate surface area is 83.6 Å². The number of hydrogen-bond donors (Lipinski definition) is 0. The summed E-state index contributed by atoms with van der Waals surface area (Å²) in [5.74, 6) is 1.44. The largest absolute Gasteiger partial charge is 0.385 e.